The average Bonchev–Trinajstić information content (AvgIpc) is 3.62. The van der Waals surface area contributed by atoms with Crippen molar-refractivity contribution in [2.24, 2.45) is 5.41 Å². The Bertz CT molecular complexity index is 1510. The number of allylic oxidation sites excluding steroid dienone is 2. The standard InChI is InChI=1S/C30H29BrN4O/c1-18-4-3-5-19(2)26(18)28-27(29(36-34-28)20-6-7-20)21-15-30(16-21)10-12-35(13-11-30)25-17-32-24-14-22(31)8-9-23(24)33-25/h3-5,8-9,14-15,17,20H,6-7,10-13,16H2,1-2H3. The number of halogens is 1. The van der Waals surface area contributed by atoms with Gasteiger partial charge in [-0.15, -0.1) is 0 Å². The number of fused-ring (bicyclic) bond motifs is 1. The maximum absolute atomic E-state index is 6.02. The summed E-state index contributed by atoms with van der Waals surface area (Å²) in [6.07, 6.45) is 10.3. The van der Waals surface area contributed by atoms with E-state index in [0.717, 1.165) is 65.1 Å². The minimum atomic E-state index is 0.275. The van der Waals surface area contributed by atoms with E-state index in [9.17, 15) is 0 Å². The fourth-order valence-corrected chi connectivity index (χ4v) is 6.45. The summed E-state index contributed by atoms with van der Waals surface area (Å²) in [6, 6.07) is 12.6. The van der Waals surface area contributed by atoms with E-state index in [-0.39, 0.29) is 5.41 Å². The smallest absolute Gasteiger partial charge is 0.147 e. The molecule has 182 valence electrons. The van der Waals surface area contributed by atoms with Gasteiger partial charge in [0.1, 0.15) is 17.3 Å². The predicted molar refractivity (Wildman–Crippen MR) is 147 cm³/mol. The van der Waals surface area contributed by atoms with E-state index in [2.05, 4.69) is 69.1 Å². The lowest BCUT2D eigenvalue weighted by Crippen LogP contribution is -2.42. The van der Waals surface area contributed by atoms with Crippen molar-refractivity contribution in [3.63, 3.8) is 0 Å². The Hall–Kier alpha value is -2.99. The van der Waals surface area contributed by atoms with Crippen LogP contribution in [0.1, 0.15) is 60.5 Å². The van der Waals surface area contributed by atoms with Crippen LogP contribution >= 0.6 is 15.9 Å². The van der Waals surface area contributed by atoms with E-state index in [1.165, 1.54) is 40.7 Å². The van der Waals surface area contributed by atoms with Crippen LogP contribution in [0.25, 0.3) is 27.9 Å². The van der Waals surface area contributed by atoms with Crippen molar-refractivity contribution < 1.29 is 4.52 Å². The number of benzene rings is 2. The second-order valence-electron chi connectivity index (χ2n) is 10.9. The van der Waals surface area contributed by atoms with Crippen molar-refractivity contribution in [3.05, 3.63) is 75.6 Å². The van der Waals surface area contributed by atoms with E-state index >= 15 is 0 Å². The van der Waals surface area contributed by atoms with Crippen LogP contribution in [0.4, 0.5) is 5.82 Å². The van der Waals surface area contributed by atoms with E-state index < -0.39 is 0 Å². The average molecular weight is 541 g/mol. The number of nitrogens with zero attached hydrogens (tertiary/aromatic N) is 4. The summed E-state index contributed by atoms with van der Waals surface area (Å²) >= 11 is 3.52. The number of anilines is 1. The van der Waals surface area contributed by atoms with Crippen LogP contribution in [0.15, 0.2) is 57.7 Å². The van der Waals surface area contributed by atoms with Crippen LogP contribution in [0.5, 0.6) is 0 Å². The summed E-state index contributed by atoms with van der Waals surface area (Å²) in [5, 5.41) is 4.65. The van der Waals surface area contributed by atoms with Crippen molar-refractivity contribution in [3.8, 4) is 11.3 Å². The summed E-state index contributed by atoms with van der Waals surface area (Å²) in [7, 11) is 0. The molecule has 2 fully saturated rings. The topological polar surface area (TPSA) is 55.1 Å². The van der Waals surface area contributed by atoms with Crippen molar-refractivity contribution in [2.75, 3.05) is 18.0 Å². The Balaban J connectivity index is 1.15. The minimum Gasteiger partial charge on any atom is -0.360 e. The maximum atomic E-state index is 6.02. The normalized spacial score (nSPS) is 19.0. The van der Waals surface area contributed by atoms with Gasteiger partial charge < -0.3 is 9.42 Å². The fourth-order valence-electron chi connectivity index (χ4n) is 6.11. The summed E-state index contributed by atoms with van der Waals surface area (Å²) < 4.78 is 7.05. The van der Waals surface area contributed by atoms with Gasteiger partial charge in [-0.05, 0) is 86.3 Å². The second-order valence-corrected chi connectivity index (χ2v) is 11.8. The third-order valence-electron chi connectivity index (χ3n) is 8.30. The first kappa shape index (κ1) is 22.2. The third kappa shape index (κ3) is 3.69. The highest BCUT2D eigenvalue weighted by molar-refractivity contribution is 9.10. The molecule has 6 heteroatoms. The van der Waals surface area contributed by atoms with Crippen LogP contribution in [0.2, 0.25) is 0 Å². The lowest BCUT2D eigenvalue weighted by molar-refractivity contribution is 0.277. The Morgan fingerprint density at radius 3 is 2.47 bits per heavy atom. The molecule has 0 amide bonds. The SMILES string of the molecule is Cc1cccc(C)c1-c1noc(C2CC2)c1C1=CC2(CCN(c3cnc4cc(Br)ccc4n3)CC2)C1. The molecule has 0 unspecified atom stereocenters. The molecule has 2 aliphatic carbocycles. The number of piperidine rings is 1. The summed E-state index contributed by atoms with van der Waals surface area (Å²) in [5.74, 6) is 2.64. The van der Waals surface area contributed by atoms with Crippen LogP contribution in [-0.4, -0.2) is 28.2 Å². The van der Waals surface area contributed by atoms with E-state index in [0.29, 0.717) is 5.92 Å². The van der Waals surface area contributed by atoms with Crippen molar-refractivity contribution in [1.82, 2.24) is 15.1 Å². The molecule has 3 heterocycles. The minimum absolute atomic E-state index is 0.275. The highest BCUT2D eigenvalue weighted by Gasteiger charge is 2.44. The number of aryl methyl sites for hydroxylation is 2. The second kappa shape index (κ2) is 8.27. The quantitative estimate of drug-likeness (QED) is 0.266. The third-order valence-corrected chi connectivity index (χ3v) is 8.80. The van der Waals surface area contributed by atoms with Crippen LogP contribution in [-0.2, 0) is 0 Å². The van der Waals surface area contributed by atoms with Gasteiger partial charge in [-0.3, -0.25) is 4.98 Å². The molecule has 0 radical (unpaired) electrons. The van der Waals surface area contributed by atoms with E-state index in [1.54, 1.807) is 0 Å². The Labute approximate surface area is 219 Å². The van der Waals surface area contributed by atoms with Gasteiger partial charge in [0.25, 0.3) is 0 Å². The molecule has 1 saturated carbocycles. The molecule has 1 saturated heterocycles. The largest absolute Gasteiger partial charge is 0.360 e. The first-order valence-electron chi connectivity index (χ1n) is 13.0. The van der Waals surface area contributed by atoms with Gasteiger partial charge in [0.05, 0.1) is 17.2 Å². The summed E-state index contributed by atoms with van der Waals surface area (Å²) in [5.41, 5.74) is 9.67. The number of rotatable bonds is 4. The van der Waals surface area contributed by atoms with Crippen LogP contribution < -0.4 is 4.90 Å². The van der Waals surface area contributed by atoms with Gasteiger partial charge in [0.2, 0.25) is 0 Å². The molecule has 4 aromatic rings. The number of hydrogen-bond acceptors (Lipinski definition) is 5. The zero-order valence-corrected chi connectivity index (χ0v) is 22.3. The molecule has 3 aliphatic rings. The maximum Gasteiger partial charge on any atom is 0.147 e. The zero-order valence-electron chi connectivity index (χ0n) is 20.7. The molecule has 36 heavy (non-hydrogen) atoms. The molecular weight excluding hydrogens is 512 g/mol. The lowest BCUT2D eigenvalue weighted by atomic mass is 9.63. The Morgan fingerprint density at radius 1 is 1.00 bits per heavy atom. The van der Waals surface area contributed by atoms with E-state index in [4.69, 9.17) is 9.51 Å². The Morgan fingerprint density at radius 2 is 1.75 bits per heavy atom. The fraction of sp³-hybridized carbons (Fsp3) is 0.367. The lowest BCUT2D eigenvalue weighted by Gasteiger charge is -2.46. The summed E-state index contributed by atoms with van der Waals surface area (Å²) in [6.45, 7) is 6.36. The molecule has 0 bridgehead atoms. The molecule has 1 spiro atoms. The summed E-state index contributed by atoms with van der Waals surface area (Å²) in [4.78, 5) is 11.9. The highest BCUT2D eigenvalue weighted by Crippen LogP contribution is 2.56. The highest BCUT2D eigenvalue weighted by atomic mass is 79.9. The van der Waals surface area contributed by atoms with Crippen molar-refractivity contribution in [1.29, 1.82) is 0 Å². The van der Waals surface area contributed by atoms with Gasteiger partial charge in [-0.2, -0.15) is 0 Å². The molecule has 1 aliphatic heterocycles. The first-order valence-corrected chi connectivity index (χ1v) is 13.7. The van der Waals surface area contributed by atoms with Gasteiger partial charge in [-0.25, -0.2) is 4.98 Å². The molecule has 2 aromatic carbocycles. The predicted octanol–water partition coefficient (Wildman–Crippen LogP) is 7.62. The molecule has 0 N–H and O–H groups in total. The van der Waals surface area contributed by atoms with Crippen LogP contribution in [0.3, 0.4) is 0 Å². The van der Waals surface area contributed by atoms with Gasteiger partial charge in [-0.1, -0.05) is 45.4 Å². The van der Waals surface area contributed by atoms with Gasteiger partial charge in [0, 0.05) is 34.6 Å². The molecule has 5 nitrogen and oxygen atoms in total. The zero-order chi connectivity index (χ0) is 24.4. The molecule has 7 rings (SSSR count). The van der Waals surface area contributed by atoms with Crippen molar-refractivity contribution in [2.45, 2.75) is 51.9 Å². The van der Waals surface area contributed by atoms with Crippen molar-refractivity contribution >= 4 is 38.4 Å². The first-order chi connectivity index (χ1) is 17.5. The molecule has 0 atom stereocenters. The molecular formula is C30H29BrN4O. The number of aromatic nitrogens is 3. The molecule has 2 aromatic heterocycles. The van der Waals surface area contributed by atoms with Gasteiger partial charge >= 0.3 is 0 Å². The van der Waals surface area contributed by atoms with Gasteiger partial charge in [0.15, 0.2) is 0 Å². The Kier molecular flexibility index (Phi) is 5.11. The van der Waals surface area contributed by atoms with E-state index in [1.807, 2.05) is 24.4 Å². The monoisotopic (exact) mass is 540 g/mol. The van der Waals surface area contributed by atoms with Crippen LogP contribution in [0, 0.1) is 19.3 Å². The number of hydrogen-bond donors (Lipinski definition) is 0.